The smallest absolute Gasteiger partial charge is 0.274 e. The SMILES string of the molecule is C=CCC[C@@H](c1ccccc1[N+](=O)[O-])N1CCNCC1. The van der Waals surface area contributed by atoms with Gasteiger partial charge in [0.15, 0.2) is 0 Å². The standard InChI is InChI=1S/C15H21N3O2/c1-2-3-7-14(17-11-9-16-10-12-17)13-6-4-5-8-15(13)18(19)20/h2,4-6,8,14,16H,1,3,7,9-12H2/t14-/m0/s1. The highest BCUT2D eigenvalue weighted by atomic mass is 16.6. The number of nitrogens with zero attached hydrogens (tertiary/aromatic N) is 2. The molecular formula is C15H21N3O2. The van der Waals surface area contributed by atoms with Gasteiger partial charge in [-0.15, -0.1) is 6.58 Å². The summed E-state index contributed by atoms with van der Waals surface area (Å²) in [5.74, 6) is 0. The van der Waals surface area contributed by atoms with Crippen LogP contribution in [0.5, 0.6) is 0 Å². The van der Waals surface area contributed by atoms with E-state index < -0.39 is 0 Å². The topological polar surface area (TPSA) is 58.4 Å². The van der Waals surface area contributed by atoms with Gasteiger partial charge in [0.2, 0.25) is 0 Å². The minimum atomic E-state index is -0.279. The van der Waals surface area contributed by atoms with Crippen molar-refractivity contribution >= 4 is 5.69 Å². The molecule has 1 aromatic rings. The number of nitro benzene ring substituents is 1. The number of hydrogen-bond acceptors (Lipinski definition) is 4. The summed E-state index contributed by atoms with van der Waals surface area (Å²) >= 11 is 0. The van der Waals surface area contributed by atoms with Crippen LogP contribution in [0.15, 0.2) is 36.9 Å². The average Bonchev–Trinajstić information content (AvgIpc) is 2.49. The Hall–Kier alpha value is -1.72. The van der Waals surface area contributed by atoms with Crippen molar-refractivity contribution in [2.45, 2.75) is 18.9 Å². The number of rotatable bonds is 6. The Labute approximate surface area is 119 Å². The van der Waals surface area contributed by atoms with E-state index in [0.29, 0.717) is 0 Å². The molecule has 0 amide bonds. The summed E-state index contributed by atoms with van der Waals surface area (Å²) in [7, 11) is 0. The molecule has 5 nitrogen and oxygen atoms in total. The van der Waals surface area contributed by atoms with Crippen LogP contribution < -0.4 is 5.32 Å². The van der Waals surface area contributed by atoms with Gasteiger partial charge in [0, 0.05) is 43.9 Å². The van der Waals surface area contributed by atoms with Crippen LogP contribution in [0.2, 0.25) is 0 Å². The molecule has 0 spiro atoms. The Balaban J connectivity index is 2.29. The third-order valence-electron chi connectivity index (χ3n) is 3.73. The minimum Gasteiger partial charge on any atom is -0.314 e. The molecule has 1 atom stereocenters. The molecule has 1 heterocycles. The Kier molecular flexibility index (Phi) is 5.26. The van der Waals surface area contributed by atoms with Crippen molar-refractivity contribution < 1.29 is 4.92 Å². The quantitative estimate of drug-likeness (QED) is 0.492. The monoisotopic (exact) mass is 275 g/mol. The molecule has 20 heavy (non-hydrogen) atoms. The lowest BCUT2D eigenvalue weighted by Gasteiger charge is -2.35. The van der Waals surface area contributed by atoms with E-state index in [4.69, 9.17) is 0 Å². The van der Waals surface area contributed by atoms with Crippen molar-refractivity contribution in [3.8, 4) is 0 Å². The van der Waals surface area contributed by atoms with Crippen molar-refractivity contribution in [3.05, 3.63) is 52.6 Å². The van der Waals surface area contributed by atoms with Crippen LogP contribution in [-0.2, 0) is 0 Å². The van der Waals surface area contributed by atoms with E-state index in [1.807, 2.05) is 18.2 Å². The van der Waals surface area contributed by atoms with Crippen molar-refractivity contribution in [2.24, 2.45) is 0 Å². The molecule has 1 fully saturated rings. The van der Waals surface area contributed by atoms with Crippen molar-refractivity contribution in [3.63, 3.8) is 0 Å². The highest BCUT2D eigenvalue weighted by molar-refractivity contribution is 5.42. The van der Waals surface area contributed by atoms with Gasteiger partial charge in [0.1, 0.15) is 0 Å². The highest BCUT2D eigenvalue weighted by Crippen LogP contribution is 2.32. The number of nitrogens with one attached hydrogen (secondary N) is 1. The second-order valence-electron chi connectivity index (χ2n) is 4.98. The van der Waals surface area contributed by atoms with Gasteiger partial charge in [-0.1, -0.05) is 24.3 Å². The van der Waals surface area contributed by atoms with E-state index in [2.05, 4.69) is 16.8 Å². The molecule has 108 valence electrons. The number of piperazine rings is 1. The summed E-state index contributed by atoms with van der Waals surface area (Å²) in [6.45, 7) is 7.48. The van der Waals surface area contributed by atoms with Gasteiger partial charge < -0.3 is 5.32 Å². The Morgan fingerprint density at radius 1 is 1.40 bits per heavy atom. The van der Waals surface area contributed by atoms with E-state index in [9.17, 15) is 10.1 Å². The normalized spacial score (nSPS) is 17.6. The summed E-state index contributed by atoms with van der Waals surface area (Å²) in [6, 6.07) is 7.18. The van der Waals surface area contributed by atoms with Crippen LogP contribution in [-0.4, -0.2) is 36.0 Å². The molecule has 1 aromatic carbocycles. The molecule has 1 saturated heterocycles. The largest absolute Gasteiger partial charge is 0.314 e. The summed E-state index contributed by atoms with van der Waals surface area (Å²) in [5, 5.41) is 14.6. The lowest BCUT2D eigenvalue weighted by atomic mass is 9.98. The molecule has 0 saturated carbocycles. The van der Waals surface area contributed by atoms with Crippen LogP contribution in [0.25, 0.3) is 0 Å². The Morgan fingerprint density at radius 2 is 2.10 bits per heavy atom. The van der Waals surface area contributed by atoms with Crippen LogP contribution in [0.4, 0.5) is 5.69 Å². The molecule has 0 aromatic heterocycles. The molecule has 5 heteroatoms. The van der Waals surface area contributed by atoms with E-state index in [0.717, 1.165) is 44.6 Å². The van der Waals surface area contributed by atoms with Gasteiger partial charge in [-0.25, -0.2) is 0 Å². The van der Waals surface area contributed by atoms with Gasteiger partial charge in [-0.2, -0.15) is 0 Å². The van der Waals surface area contributed by atoms with E-state index >= 15 is 0 Å². The Bertz CT molecular complexity index is 470. The van der Waals surface area contributed by atoms with Crippen LogP contribution in [0, 0.1) is 10.1 Å². The number of benzene rings is 1. The summed E-state index contributed by atoms with van der Waals surface area (Å²) < 4.78 is 0. The second kappa shape index (κ2) is 7.17. The van der Waals surface area contributed by atoms with Gasteiger partial charge in [0.05, 0.1) is 4.92 Å². The zero-order valence-corrected chi connectivity index (χ0v) is 11.6. The zero-order valence-electron chi connectivity index (χ0n) is 11.6. The fraction of sp³-hybridized carbons (Fsp3) is 0.467. The zero-order chi connectivity index (χ0) is 14.4. The first kappa shape index (κ1) is 14.7. The fourth-order valence-corrected chi connectivity index (χ4v) is 2.74. The predicted octanol–water partition coefficient (Wildman–Crippen LogP) is 2.51. The third-order valence-corrected chi connectivity index (χ3v) is 3.73. The average molecular weight is 275 g/mol. The number of para-hydroxylation sites is 1. The molecule has 1 N–H and O–H groups in total. The first-order valence-corrected chi connectivity index (χ1v) is 7.03. The van der Waals surface area contributed by atoms with Crippen molar-refractivity contribution in [1.82, 2.24) is 10.2 Å². The van der Waals surface area contributed by atoms with Crippen molar-refractivity contribution in [2.75, 3.05) is 26.2 Å². The van der Waals surface area contributed by atoms with E-state index in [1.165, 1.54) is 0 Å². The van der Waals surface area contributed by atoms with Crippen LogP contribution in [0.3, 0.4) is 0 Å². The highest BCUT2D eigenvalue weighted by Gasteiger charge is 2.27. The van der Waals surface area contributed by atoms with Crippen LogP contribution >= 0.6 is 0 Å². The van der Waals surface area contributed by atoms with E-state index in [-0.39, 0.29) is 16.7 Å². The van der Waals surface area contributed by atoms with Crippen LogP contribution in [0.1, 0.15) is 24.4 Å². The van der Waals surface area contributed by atoms with E-state index in [1.54, 1.807) is 12.1 Å². The lowest BCUT2D eigenvalue weighted by Crippen LogP contribution is -2.45. The van der Waals surface area contributed by atoms with Crippen molar-refractivity contribution in [1.29, 1.82) is 0 Å². The number of nitro groups is 1. The first-order valence-electron chi connectivity index (χ1n) is 7.03. The summed E-state index contributed by atoms with van der Waals surface area (Å²) in [6.07, 6.45) is 3.61. The Morgan fingerprint density at radius 3 is 2.75 bits per heavy atom. The maximum absolute atomic E-state index is 11.2. The summed E-state index contributed by atoms with van der Waals surface area (Å²) in [4.78, 5) is 13.3. The minimum absolute atomic E-state index is 0.0942. The number of hydrogen-bond donors (Lipinski definition) is 1. The fourth-order valence-electron chi connectivity index (χ4n) is 2.74. The first-order chi connectivity index (χ1) is 9.74. The molecule has 1 aliphatic rings. The van der Waals surface area contributed by atoms with Gasteiger partial charge in [0.25, 0.3) is 5.69 Å². The molecular weight excluding hydrogens is 254 g/mol. The molecule has 0 radical (unpaired) electrons. The van der Waals surface area contributed by atoms with Gasteiger partial charge in [-0.3, -0.25) is 15.0 Å². The second-order valence-corrected chi connectivity index (χ2v) is 4.98. The van der Waals surface area contributed by atoms with Gasteiger partial charge >= 0.3 is 0 Å². The summed E-state index contributed by atoms with van der Waals surface area (Å²) in [5.41, 5.74) is 1.04. The van der Waals surface area contributed by atoms with Gasteiger partial charge in [-0.05, 0) is 12.8 Å². The maximum atomic E-state index is 11.2. The predicted molar refractivity (Wildman–Crippen MR) is 79.7 cm³/mol. The third kappa shape index (κ3) is 3.43. The lowest BCUT2D eigenvalue weighted by molar-refractivity contribution is -0.386. The maximum Gasteiger partial charge on any atom is 0.274 e. The molecule has 0 bridgehead atoms. The number of allylic oxidation sites excluding steroid dienone is 1. The molecule has 0 aliphatic carbocycles. The molecule has 0 unspecified atom stereocenters. The molecule has 1 aliphatic heterocycles. The molecule has 2 rings (SSSR count).